The van der Waals surface area contributed by atoms with Gasteiger partial charge in [-0.2, -0.15) is 0 Å². The van der Waals surface area contributed by atoms with E-state index >= 15 is 0 Å². The summed E-state index contributed by atoms with van der Waals surface area (Å²) in [7, 11) is 1.65. The number of benzene rings is 2. The van der Waals surface area contributed by atoms with Crippen molar-refractivity contribution in [2.75, 3.05) is 32.1 Å². The average molecular weight is 434 g/mol. The lowest BCUT2D eigenvalue weighted by molar-refractivity contribution is 0.0937. The monoisotopic (exact) mass is 433 g/mol. The highest BCUT2D eigenvalue weighted by Gasteiger charge is 2.24. The first-order valence-electron chi connectivity index (χ1n) is 10.7. The SMILES string of the molecule is COc1ccc(C(CNC(=O)c2ccc(NC(=O)c3ccco3)cc2)N2CCCC2)cc1. The highest BCUT2D eigenvalue weighted by Crippen LogP contribution is 2.26. The molecule has 2 heterocycles. The Hall–Kier alpha value is -3.58. The fraction of sp³-hybridized carbons (Fsp3) is 0.280. The standard InChI is InChI=1S/C25H27N3O4/c1-31-21-12-8-18(9-13-21)22(28-14-2-3-15-28)17-26-24(29)19-6-10-20(11-7-19)27-25(30)23-5-4-16-32-23/h4-13,16,22H,2-3,14-15,17H2,1H3,(H,26,29)(H,27,30). The third-order valence-corrected chi connectivity index (χ3v) is 5.69. The fourth-order valence-electron chi connectivity index (χ4n) is 3.93. The van der Waals surface area contributed by atoms with E-state index in [0.29, 0.717) is 17.8 Å². The van der Waals surface area contributed by atoms with E-state index in [2.05, 4.69) is 27.7 Å². The van der Waals surface area contributed by atoms with Gasteiger partial charge in [-0.05, 0) is 80.0 Å². The van der Waals surface area contributed by atoms with Crippen LogP contribution in [-0.4, -0.2) is 43.5 Å². The minimum atomic E-state index is -0.333. The molecule has 1 fully saturated rings. The summed E-state index contributed by atoms with van der Waals surface area (Å²) in [6, 6.07) is 18.2. The number of carbonyl (C=O) groups excluding carboxylic acids is 2. The molecule has 32 heavy (non-hydrogen) atoms. The lowest BCUT2D eigenvalue weighted by Gasteiger charge is -2.28. The lowest BCUT2D eigenvalue weighted by Crippen LogP contribution is -2.36. The summed E-state index contributed by atoms with van der Waals surface area (Å²) in [5.74, 6) is 0.572. The minimum absolute atomic E-state index is 0.110. The van der Waals surface area contributed by atoms with Crippen molar-refractivity contribution in [1.29, 1.82) is 0 Å². The summed E-state index contributed by atoms with van der Waals surface area (Å²) in [5, 5.41) is 5.82. The number of nitrogens with one attached hydrogen (secondary N) is 2. The Morgan fingerprint density at radius 1 is 1.00 bits per heavy atom. The van der Waals surface area contributed by atoms with Crippen LogP contribution in [0, 0.1) is 0 Å². The van der Waals surface area contributed by atoms with Gasteiger partial charge in [-0.1, -0.05) is 12.1 Å². The Bertz CT molecular complexity index is 1020. The molecule has 1 unspecified atom stereocenters. The summed E-state index contributed by atoms with van der Waals surface area (Å²) < 4.78 is 10.4. The van der Waals surface area contributed by atoms with Crippen LogP contribution in [0.25, 0.3) is 0 Å². The summed E-state index contributed by atoms with van der Waals surface area (Å²) in [6.45, 7) is 2.56. The van der Waals surface area contributed by atoms with Crippen LogP contribution >= 0.6 is 0 Å². The zero-order valence-electron chi connectivity index (χ0n) is 18.0. The number of nitrogens with zero attached hydrogens (tertiary/aromatic N) is 1. The summed E-state index contributed by atoms with van der Waals surface area (Å²) in [4.78, 5) is 27.3. The van der Waals surface area contributed by atoms with Crippen molar-refractivity contribution in [3.8, 4) is 5.75 Å². The van der Waals surface area contributed by atoms with Crippen molar-refractivity contribution in [2.45, 2.75) is 18.9 Å². The normalized spacial score (nSPS) is 14.7. The molecule has 3 aromatic rings. The number of ether oxygens (including phenoxy) is 1. The number of hydrogen-bond acceptors (Lipinski definition) is 5. The molecule has 0 spiro atoms. The first-order chi connectivity index (χ1) is 15.6. The van der Waals surface area contributed by atoms with E-state index in [-0.39, 0.29) is 23.6 Å². The van der Waals surface area contributed by atoms with Gasteiger partial charge in [-0.15, -0.1) is 0 Å². The molecule has 2 amide bonds. The van der Waals surface area contributed by atoms with E-state index in [1.165, 1.54) is 19.1 Å². The van der Waals surface area contributed by atoms with Crippen LogP contribution in [0.1, 0.15) is 45.4 Å². The smallest absolute Gasteiger partial charge is 0.291 e. The van der Waals surface area contributed by atoms with E-state index in [1.54, 1.807) is 43.5 Å². The van der Waals surface area contributed by atoms with E-state index < -0.39 is 0 Å². The van der Waals surface area contributed by atoms with E-state index in [1.807, 2.05) is 12.1 Å². The van der Waals surface area contributed by atoms with Gasteiger partial charge in [0, 0.05) is 17.8 Å². The van der Waals surface area contributed by atoms with Crippen LogP contribution in [0.15, 0.2) is 71.3 Å². The number of likely N-dealkylation sites (tertiary alicyclic amines) is 1. The number of furan rings is 1. The second-order valence-electron chi connectivity index (χ2n) is 7.75. The number of methoxy groups -OCH3 is 1. The van der Waals surface area contributed by atoms with E-state index in [4.69, 9.17) is 9.15 Å². The topological polar surface area (TPSA) is 83.8 Å². The number of hydrogen-bond donors (Lipinski definition) is 2. The van der Waals surface area contributed by atoms with Gasteiger partial charge in [0.2, 0.25) is 0 Å². The molecule has 2 N–H and O–H groups in total. The first kappa shape index (κ1) is 21.6. The van der Waals surface area contributed by atoms with Crippen molar-refractivity contribution in [2.24, 2.45) is 0 Å². The average Bonchev–Trinajstić information content (AvgIpc) is 3.55. The number of amides is 2. The van der Waals surface area contributed by atoms with Crippen molar-refractivity contribution in [3.63, 3.8) is 0 Å². The second kappa shape index (κ2) is 10.2. The van der Waals surface area contributed by atoms with Gasteiger partial charge in [0.1, 0.15) is 5.75 Å². The molecule has 1 aromatic heterocycles. The Morgan fingerprint density at radius 2 is 1.72 bits per heavy atom. The Morgan fingerprint density at radius 3 is 2.34 bits per heavy atom. The molecule has 0 bridgehead atoms. The second-order valence-corrected chi connectivity index (χ2v) is 7.75. The molecule has 1 aliphatic heterocycles. The highest BCUT2D eigenvalue weighted by atomic mass is 16.5. The Kier molecular flexibility index (Phi) is 6.87. The third kappa shape index (κ3) is 5.18. The lowest BCUT2D eigenvalue weighted by atomic mass is 10.0. The third-order valence-electron chi connectivity index (χ3n) is 5.69. The van der Waals surface area contributed by atoms with Crippen LogP contribution in [0.3, 0.4) is 0 Å². The molecule has 0 saturated carbocycles. The fourth-order valence-corrected chi connectivity index (χ4v) is 3.93. The Labute approximate surface area is 187 Å². The van der Waals surface area contributed by atoms with Crippen molar-refractivity contribution < 1.29 is 18.7 Å². The molecule has 166 valence electrons. The molecule has 7 heteroatoms. The molecule has 1 saturated heterocycles. The van der Waals surface area contributed by atoms with Crippen LogP contribution in [-0.2, 0) is 0 Å². The van der Waals surface area contributed by atoms with Gasteiger partial charge in [0.15, 0.2) is 5.76 Å². The maximum Gasteiger partial charge on any atom is 0.291 e. The largest absolute Gasteiger partial charge is 0.497 e. The highest BCUT2D eigenvalue weighted by molar-refractivity contribution is 6.02. The minimum Gasteiger partial charge on any atom is -0.497 e. The molecule has 1 aliphatic rings. The van der Waals surface area contributed by atoms with Gasteiger partial charge < -0.3 is 19.8 Å². The van der Waals surface area contributed by atoms with Gasteiger partial charge >= 0.3 is 0 Å². The summed E-state index contributed by atoms with van der Waals surface area (Å²) in [6.07, 6.45) is 3.79. The van der Waals surface area contributed by atoms with Crippen LogP contribution in [0.4, 0.5) is 5.69 Å². The zero-order chi connectivity index (χ0) is 22.3. The maximum absolute atomic E-state index is 12.8. The number of anilines is 1. The van der Waals surface area contributed by atoms with Crippen molar-refractivity contribution >= 4 is 17.5 Å². The number of rotatable bonds is 8. The van der Waals surface area contributed by atoms with E-state index in [0.717, 1.165) is 24.4 Å². The maximum atomic E-state index is 12.8. The van der Waals surface area contributed by atoms with Gasteiger partial charge in [0.05, 0.1) is 19.4 Å². The molecular formula is C25H27N3O4. The molecule has 0 radical (unpaired) electrons. The quantitative estimate of drug-likeness (QED) is 0.559. The molecule has 1 atom stereocenters. The molecular weight excluding hydrogens is 406 g/mol. The molecule has 7 nitrogen and oxygen atoms in total. The van der Waals surface area contributed by atoms with Crippen molar-refractivity contribution in [1.82, 2.24) is 10.2 Å². The summed E-state index contributed by atoms with van der Waals surface area (Å²) in [5.41, 5.74) is 2.29. The van der Waals surface area contributed by atoms with Gasteiger partial charge in [0.25, 0.3) is 11.8 Å². The van der Waals surface area contributed by atoms with Crippen LogP contribution in [0.2, 0.25) is 0 Å². The predicted molar refractivity (Wildman–Crippen MR) is 122 cm³/mol. The van der Waals surface area contributed by atoms with E-state index in [9.17, 15) is 9.59 Å². The first-order valence-corrected chi connectivity index (χ1v) is 10.7. The van der Waals surface area contributed by atoms with Crippen LogP contribution in [0.5, 0.6) is 5.75 Å². The molecule has 2 aromatic carbocycles. The van der Waals surface area contributed by atoms with Gasteiger partial charge in [-0.25, -0.2) is 0 Å². The Balaban J connectivity index is 1.38. The zero-order valence-corrected chi connectivity index (χ0v) is 18.0. The number of carbonyl (C=O) groups is 2. The molecule has 4 rings (SSSR count). The van der Waals surface area contributed by atoms with Gasteiger partial charge in [-0.3, -0.25) is 14.5 Å². The van der Waals surface area contributed by atoms with Crippen molar-refractivity contribution in [3.05, 3.63) is 83.8 Å². The summed E-state index contributed by atoms with van der Waals surface area (Å²) >= 11 is 0. The van der Waals surface area contributed by atoms with Crippen LogP contribution < -0.4 is 15.4 Å². The molecule has 0 aliphatic carbocycles. The predicted octanol–water partition coefficient (Wildman–Crippen LogP) is 4.11.